The topological polar surface area (TPSA) is 124 Å². The number of carbonyl (C=O) groups excluding carboxylic acids is 3. The van der Waals surface area contributed by atoms with Crippen LogP contribution in [0.5, 0.6) is 11.5 Å². The van der Waals surface area contributed by atoms with Crippen LogP contribution in [0.15, 0.2) is 72.9 Å². The van der Waals surface area contributed by atoms with Gasteiger partial charge in [0.2, 0.25) is 5.91 Å². The number of aromatic nitrogens is 1. The number of likely N-dealkylation sites (tertiary alicyclic amines) is 1. The third-order valence-corrected chi connectivity index (χ3v) is 8.37. The summed E-state index contributed by atoms with van der Waals surface area (Å²) >= 11 is 1.22. The van der Waals surface area contributed by atoms with E-state index in [2.05, 4.69) is 15.6 Å². The van der Waals surface area contributed by atoms with Gasteiger partial charge in [-0.2, -0.15) is 0 Å². The lowest BCUT2D eigenvalue weighted by Crippen LogP contribution is -2.49. The van der Waals surface area contributed by atoms with Crippen molar-refractivity contribution in [3.63, 3.8) is 0 Å². The smallest absolute Gasteiger partial charge is 0.331 e. The van der Waals surface area contributed by atoms with Crippen LogP contribution in [-0.2, 0) is 4.79 Å². The summed E-state index contributed by atoms with van der Waals surface area (Å²) in [6.07, 6.45) is 5.86. The van der Waals surface area contributed by atoms with Crippen molar-refractivity contribution in [2.45, 2.75) is 25.8 Å². The number of nitrogens with one attached hydrogen (secondary N) is 2. The molecule has 2 aromatic carbocycles. The Labute approximate surface area is 246 Å². The van der Waals surface area contributed by atoms with Crippen molar-refractivity contribution in [2.24, 2.45) is 0 Å². The molecule has 4 amide bonds. The van der Waals surface area contributed by atoms with E-state index in [0.29, 0.717) is 51.0 Å². The molecule has 0 spiro atoms. The average Bonchev–Trinajstić information content (AvgIpc) is 3.37. The molecule has 1 fully saturated rings. The molecule has 4 aromatic rings. The van der Waals surface area contributed by atoms with Crippen LogP contribution in [0.3, 0.4) is 0 Å². The van der Waals surface area contributed by atoms with E-state index in [9.17, 15) is 14.4 Å². The number of aryl methyl sites for hydroxylation is 1. The fraction of sp³-hybridized carbons (Fsp3) is 0.226. The molecule has 3 N–H and O–H groups in total. The summed E-state index contributed by atoms with van der Waals surface area (Å²) in [4.78, 5) is 48.2. The summed E-state index contributed by atoms with van der Waals surface area (Å²) in [6, 6.07) is 16.2. The second-order valence-corrected chi connectivity index (χ2v) is 11.1. The van der Waals surface area contributed by atoms with Gasteiger partial charge >= 0.3 is 6.03 Å². The van der Waals surface area contributed by atoms with Crippen molar-refractivity contribution >= 4 is 56.5 Å². The number of thiophene rings is 1. The summed E-state index contributed by atoms with van der Waals surface area (Å²) < 4.78 is 5.96. The van der Waals surface area contributed by atoms with Gasteiger partial charge in [0.15, 0.2) is 0 Å². The van der Waals surface area contributed by atoms with Crippen LogP contribution in [0.25, 0.3) is 10.2 Å². The number of rotatable bonds is 7. The molecule has 0 aliphatic carbocycles. The Bertz CT molecular complexity index is 1700. The van der Waals surface area contributed by atoms with Gasteiger partial charge in [0.1, 0.15) is 21.2 Å². The van der Waals surface area contributed by atoms with Gasteiger partial charge in [0, 0.05) is 31.4 Å². The number of urea groups is 1. The first-order chi connectivity index (χ1) is 20.4. The molecular weight excluding hydrogens is 554 g/mol. The van der Waals surface area contributed by atoms with E-state index in [-0.39, 0.29) is 30.5 Å². The molecule has 6 rings (SSSR count). The quantitative estimate of drug-likeness (QED) is 0.252. The maximum absolute atomic E-state index is 13.6. The third kappa shape index (κ3) is 5.31. The minimum absolute atomic E-state index is 0.198. The van der Waals surface area contributed by atoms with Crippen LogP contribution in [0.4, 0.5) is 21.9 Å². The number of benzene rings is 2. The summed E-state index contributed by atoms with van der Waals surface area (Å²) in [5.41, 5.74) is 2.60. The molecule has 42 heavy (non-hydrogen) atoms. The zero-order chi connectivity index (χ0) is 29.2. The number of ether oxygens (including phenoxy) is 1. The van der Waals surface area contributed by atoms with Gasteiger partial charge in [-0.25, -0.2) is 9.78 Å². The van der Waals surface area contributed by atoms with Crippen molar-refractivity contribution in [1.82, 2.24) is 15.2 Å². The predicted octanol–water partition coefficient (Wildman–Crippen LogP) is 5.35. The van der Waals surface area contributed by atoms with Crippen LogP contribution in [0, 0.1) is 6.92 Å². The van der Waals surface area contributed by atoms with E-state index < -0.39 is 0 Å². The lowest BCUT2D eigenvalue weighted by Gasteiger charge is -2.32. The normalized spacial score (nSPS) is 16.5. The summed E-state index contributed by atoms with van der Waals surface area (Å²) in [5.74, 6) is 0.853. The molecule has 4 heterocycles. The second kappa shape index (κ2) is 11.6. The Morgan fingerprint density at radius 3 is 2.79 bits per heavy atom. The number of piperidine rings is 1. The lowest BCUT2D eigenvalue weighted by atomic mass is 10.0. The SMILES string of the molecule is Cc1cc(Oc2ccccc2)ccc1N1C(=O)Nc2c(C(=O)NC3CCCN(C(=O)/C=C/CO)C3)sc3nccc1c23. The lowest BCUT2D eigenvalue weighted by molar-refractivity contribution is -0.127. The van der Waals surface area contributed by atoms with Crippen LogP contribution < -0.4 is 20.3 Å². The average molecular weight is 584 g/mol. The minimum Gasteiger partial charge on any atom is -0.457 e. The number of pyridine rings is 1. The van der Waals surface area contributed by atoms with E-state index in [4.69, 9.17) is 9.84 Å². The van der Waals surface area contributed by atoms with E-state index in [1.165, 1.54) is 23.5 Å². The highest BCUT2D eigenvalue weighted by Crippen LogP contribution is 2.46. The molecule has 0 saturated carbocycles. The van der Waals surface area contributed by atoms with E-state index in [1.54, 1.807) is 22.1 Å². The van der Waals surface area contributed by atoms with Gasteiger partial charge in [-0.05, 0) is 61.7 Å². The van der Waals surface area contributed by atoms with Gasteiger partial charge in [0.25, 0.3) is 5.91 Å². The zero-order valence-corrected chi connectivity index (χ0v) is 23.7. The molecule has 0 bridgehead atoms. The molecule has 11 heteroatoms. The molecule has 10 nitrogen and oxygen atoms in total. The van der Waals surface area contributed by atoms with E-state index in [1.807, 2.05) is 55.5 Å². The standard InChI is InChI=1S/C31H29N5O5S/c1-19-17-22(41-21-8-3-2-4-9-21)11-12-23(19)36-24-13-14-32-30-26(24)27(34-31(36)40)28(42-30)29(39)33-20-7-5-15-35(18-20)25(38)10-6-16-37/h2-4,6,8-14,17,20,37H,5,7,15-16,18H2,1H3,(H,33,39)(H,34,40)/b10-6+. The van der Waals surface area contributed by atoms with Crippen LogP contribution in [-0.4, -0.2) is 58.6 Å². The largest absolute Gasteiger partial charge is 0.457 e. The van der Waals surface area contributed by atoms with Gasteiger partial charge < -0.3 is 25.4 Å². The minimum atomic E-state index is -0.382. The Kier molecular flexibility index (Phi) is 7.60. The summed E-state index contributed by atoms with van der Waals surface area (Å²) in [7, 11) is 0. The first-order valence-corrected chi connectivity index (χ1v) is 14.5. The van der Waals surface area contributed by atoms with Crippen molar-refractivity contribution in [3.8, 4) is 11.5 Å². The highest BCUT2D eigenvalue weighted by atomic mass is 32.1. The first-order valence-electron chi connectivity index (χ1n) is 13.7. The van der Waals surface area contributed by atoms with Crippen molar-refractivity contribution < 1.29 is 24.2 Å². The Morgan fingerprint density at radius 1 is 1.17 bits per heavy atom. The number of anilines is 3. The van der Waals surface area contributed by atoms with E-state index >= 15 is 0 Å². The van der Waals surface area contributed by atoms with Crippen molar-refractivity contribution in [3.05, 3.63) is 83.4 Å². The highest BCUT2D eigenvalue weighted by molar-refractivity contribution is 7.21. The molecule has 2 aliphatic rings. The molecule has 2 aromatic heterocycles. The Morgan fingerprint density at radius 2 is 2.00 bits per heavy atom. The maximum Gasteiger partial charge on any atom is 0.331 e. The molecule has 2 aliphatic heterocycles. The molecule has 1 saturated heterocycles. The fourth-order valence-electron chi connectivity index (χ4n) is 5.36. The number of hydrogen-bond donors (Lipinski definition) is 3. The Hall–Kier alpha value is -4.74. The third-order valence-electron chi connectivity index (χ3n) is 7.27. The van der Waals surface area contributed by atoms with Crippen LogP contribution >= 0.6 is 11.3 Å². The number of para-hydroxylation sites is 1. The van der Waals surface area contributed by atoms with Gasteiger partial charge in [-0.15, -0.1) is 11.3 Å². The number of carbonyl (C=O) groups is 3. The highest BCUT2D eigenvalue weighted by Gasteiger charge is 2.34. The molecule has 1 atom stereocenters. The van der Waals surface area contributed by atoms with Crippen molar-refractivity contribution in [1.29, 1.82) is 0 Å². The number of aliphatic hydroxyl groups excluding tert-OH is 1. The molecule has 0 radical (unpaired) electrons. The number of hydrogen-bond acceptors (Lipinski definition) is 7. The summed E-state index contributed by atoms with van der Waals surface area (Å²) in [5, 5.41) is 15.6. The monoisotopic (exact) mass is 583 g/mol. The van der Waals surface area contributed by atoms with Crippen LogP contribution in [0.2, 0.25) is 0 Å². The number of nitrogens with zero attached hydrogens (tertiary/aromatic N) is 3. The second-order valence-electron chi connectivity index (χ2n) is 10.1. The van der Waals surface area contributed by atoms with Crippen LogP contribution in [0.1, 0.15) is 28.1 Å². The first kappa shape index (κ1) is 27.4. The van der Waals surface area contributed by atoms with Gasteiger partial charge in [-0.1, -0.05) is 24.3 Å². The molecular formula is C31H29N5O5S. The van der Waals surface area contributed by atoms with Crippen molar-refractivity contribution in [2.75, 3.05) is 29.9 Å². The molecule has 214 valence electrons. The van der Waals surface area contributed by atoms with Gasteiger partial charge in [0.05, 0.1) is 29.1 Å². The van der Waals surface area contributed by atoms with Gasteiger partial charge in [-0.3, -0.25) is 14.5 Å². The fourth-order valence-corrected chi connectivity index (χ4v) is 6.38. The Balaban J connectivity index is 1.26. The predicted molar refractivity (Wildman–Crippen MR) is 162 cm³/mol. The maximum atomic E-state index is 13.6. The van der Waals surface area contributed by atoms with E-state index in [0.717, 1.165) is 24.2 Å². The number of amides is 4. The number of aliphatic hydroxyl groups is 1. The zero-order valence-electron chi connectivity index (χ0n) is 22.9. The molecule has 1 unspecified atom stereocenters. The summed E-state index contributed by atoms with van der Waals surface area (Å²) in [6.45, 7) is 2.67.